The Hall–Kier alpha value is -2.14. The van der Waals surface area contributed by atoms with Crippen LogP contribution in [0.3, 0.4) is 0 Å². The number of benzene rings is 1. The second-order valence-electron chi connectivity index (χ2n) is 4.08. The van der Waals surface area contributed by atoms with Crippen LogP contribution in [0.5, 0.6) is 5.75 Å². The Kier molecular flexibility index (Phi) is 5.13. The fourth-order valence-corrected chi connectivity index (χ4v) is 1.52. The molecule has 1 heterocycles. The minimum atomic E-state index is 0.564. The van der Waals surface area contributed by atoms with Crippen LogP contribution in [0.15, 0.2) is 47.1 Å². The highest BCUT2D eigenvalue weighted by Gasteiger charge is 2.04. The quantitative estimate of drug-likeness (QED) is 0.585. The van der Waals surface area contributed by atoms with Crippen molar-refractivity contribution in [3.8, 4) is 17.6 Å². The predicted octanol–water partition coefficient (Wildman–Crippen LogP) is 4.29. The lowest BCUT2D eigenvalue weighted by atomic mass is 10.2. The number of hydrogen-bond acceptors (Lipinski definition) is 2. The van der Waals surface area contributed by atoms with E-state index in [0.29, 0.717) is 11.5 Å². The van der Waals surface area contributed by atoms with Crippen molar-refractivity contribution in [1.29, 1.82) is 0 Å². The molecule has 0 spiro atoms. The summed E-state index contributed by atoms with van der Waals surface area (Å²) in [4.78, 5) is 0. The molecule has 0 amide bonds. The van der Waals surface area contributed by atoms with Gasteiger partial charge >= 0.3 is 0 Å². The van der Waals surface area contributed by atoms with Gasteiger partial charge in [-0.15, -0.1) is 0 Å². The molecule has 1 aromatic heterocycles. The van der Waals surface area contributed by atoms with Crippen LogP contribution in [-0.2, 0) is 0 Å². The zero-order valence-corrected chi connectivity index (χ0v) is 11.0. The first kappa shape index (κ1) is 13.3. The van der Waals surface area contributed by atoms with Gasteiger partial charge in [0.1, 0.15) is 5.75 Å². The summed E-state index contributed by atoms with van der Waals surface area (Å²) in [6, 6.07) is 11.3. The summed E-state index contributed by atoms with van der Waals surface area (Å²) < 4.78 is 10.6. The Morgan fingerprint density at radius 3 is 2.84 bits per heavy atom. The fourth-order valence-electron chi connectivity index (χ4n) is 1.52. The molecule has 0 saturated heterocycles. The summed E-state index contributed by atoms with van der Waals surface area (Å²) in [5, 5.41) is 0. The topological polar surface area (TPSA) is 22.4 Å². The third-order valence-electron chi connectivity index (χ3n) is 2.55. The third-order valence-corrected chi connectivity index (χ3v) is 2.55. The summed E-state index contributed by atoms with van der Waals surface area (Å²) in [6.45, 7) is 4.91. The highest BCUT2D eigenvalue weighted by atomic mass is 16.5. The molecule has 0 atom stereocenters. The van der Waals surface area contributed by atoms with Crippen molar-refractivity contribution in [2.24, 2.45) is 0 Å². The van der Waals surface area contributed by atoms with Crippen molar-refractivity contribution >= 4 is 0 Å². The molecule has 1 aromatic carbocycles. The third kappa shape index (κ3) is 4.22. The van der Waals surface area contributed by atoms with Crippen molar-refractivity contribution in [1.82, 2.24) is 0 Å². The van der Waals surface area contributed by atoms with E-state index >= 15 is 0 Å². The summed E-state index contributed by atoms with van der Waals surface area (Å²) in [6.07, 6.45) is 4.78. The van der Waals surface area contributed by atoms with Crippen LogP contribution >= 0.6 is 0 Å². The van der Waals surface area contributed by atoms with E-state index in [1.54, 1.807) is 18.4 Å². The standard InChI is InChI=1S/C17H16O2/c1-2-3-4-5-9-15-10-6-7-12-17(15)19-14-16-11-8-13-18-16/h6-8,10-13H,2-4H2,1H3. The minimum Gasteiger partial charge on any atom is -0.468 e. The molecule has 19 heavy (non-hydrogen) atoms. The maximum absolute atomic E-state index is 5.49. The molecule has 0 bridgehead atoms. The smallest absolute Gasteiger partial charge is 0.268 e. The molecule has 0 unspecified atom stereocenters. The van der Waals surface area contributed by atoms with Gasteiger partial charge in [0.2, 0.25) is 0 Å². The maximum atomic E-state index is 5.49. The van der Waals surface area contributed by atoms with Crippen LogP contribution in [-0.4, -0.2) is 0 Å². The molecule has 0 aliphatic heterocycles. The molecule has 0 saturated carbocycles. The monoisotopic (exact) mass is 252 g/mol. The average molecular weight is 252 g/mol. The van der Waals surface area contributed by atoms with Gasteiger partial charge in [-0.25, -0.2) is 0 Å². The molecule has 0 aliphatic carbocycles. The minimum absolute atomic E-state index is 0.564. The highest BCUT2D eigenvalue weighted by molar-refractivity contribution is 5.46. The molecular weight excluding hydrogens is 236 g/mol. The Morgan fingerprint density at radius 1 is 1.16 bits per heavy atom. The second-order valence-corrected chi connectivity index (χ2v) is 4.08. The van der Waals surface area contributed by atoms with Crippen LogP contribution in [0, 0.1) is 18.4 Å². The molecule has 0 fully saturated rings. The number of furan rings is 1. The summed E-state index contributed by atoms with van der Waals surface area (Å²) >= 11 is 0. The van der Waals surface area contributed by atoms with Crippen molar-refractivity contribution in [3.63, 3.8) is 0 Å². The van der Waals surface area contributed by atoms with Gasteiger partial charge in [-0.2, -0.15) is 0 Å². The van der Waals surface area contributed by atoms with Crippen molar-refractivity contribution in [2.75, 3.05) is 0 Å². The average Bonchev–Trinajstić information content (AvgIpc) is 2.96. The van der Waals surface area contributed by atoms with Gasteiger partial charge in [-0.05, 0) is 30.7 Å². The lowest BCUT2D eigenvalue weighted by Crippen LogP contribution is -1.93. The van der Waals surface area contributed by atoms with Crippen LogP contribution < -0.4 is 4.74 Å². The largest absolute Gasteiger partial charge is 0.468 e. The molecule has 2 nitrogen and oxygen atoms in total. The first-order valence-electron chi connectivity index (χ1n) is 6.44. The van der Waals surface area contributed by atoms with Crippen molar-refractivity contribution in [2.45, 2.75) is 26.2 Å². The van der Waals surface area contributed by atoms with Crippen LogP contribution in [0.1, 0.15) is 37.5 Å². The van der Waals surface area contributed by atoms with E-state index < -0.39 is 0 Å². The highest BCUT2D eigenvalue weighted by Crippen LogP contribution is 2.19. The van der Waals surface area contributed by atoms with E-state index in [1.807, 2.05) is 24.3 Å². The Labute approximate surface area is 114 Å². The Balaban J connectivity index is 2.00. The molecule has 2 radical (unpaired) electrons. The van der Waals surface area contributed by atoms with E-state index in [0.717, 1.165) is 24.8 Å². The van der Waals surface area contributed by atoms with Gasteiger partial charge < -0.3 is 9.15 Å². The maximum Gasteiger partial charge on any atom is 0.268 e. The van der Waals surface area contributed by atoms with Crippen LogP contribution in [0.2, 0.25) is 0 Å². The zero-order valence-electron chi connectivity index (χ0n) is 11.0. The molecule has 0 aliphatic rings. The van der Waals surface area contributed by atoms with E-state index in [4.69, 9.17) is 9.15 Å². The fraction of sp³-hybridized carbons (Fsp3) is 0.235. The summed E-state index contributed by atoms with van der Waals surface area (Å²) in [5.41, 5.74) is 0.873. The normalized spacial score (nSPS) is 9.74. The number of hydrogen-bond donors (Lipinski definition) is 0. The molecule has 2 rings (SSSR count). The van der Waals surface area contributed by atoms with Crippen molar-refractivity contribution in [3.05, 3.63) is 60.6 Å². The molecule has 0 N–H and O–H groups in total. The predicted molar refractivity (Wildman–Crippen MR) is 74.5 cm³/mol. The van der Waals surface area contributed by atoms with Crippen LogP contribution in [0.4, 0.5) is 0 Å². The molecule has 2 aromatic rings. The van der Waals surface area contributed by atoms with E-state index in [2.05, 4.69) is 25.4 Å². The first-order valence-corrected chi connectivity index (χ1v) is 6.44. The van der Waals surface area contributed by atoms with Crippen LogP contribution in [0.25, 0.3) is 0 Å². The van der Waals surface area contributed by atoms with E-state index in [-0.39, 0.29) is 0 Å². The SMILES string of the molecule is CCCCC#Cc1ccccc1O[C]c1ccco1. The number of rotatable bonds is 5. The van der Waals surface area contributed by atoms with Gasteiger partial charge in [0, 0.05) is 6.42 Å². The Morgan fingerprint density at radius 2 is 2.05 bits per heavy atom. The van der Waals surface area contributed by atoms with E-state index in [1.165, 1.54) is 0 Å². The lowest BCUT2D eigenvalue weighted by molar-refractivity contribution is 0.386. The number of para-hydroxylation sites is 1. The summed E-state index contributed by atoms with van der Waals surface area (Å²) in [7, 11) is 0. The molecule has 2 heteroatoms. The van der Waals surface area contributed by atoms with Gasteiger partial charge in [-0.3, -0.25) is 0 Å². The zero-order chi connectivity index (χ0) is 13.3. The van der Waals surface area contributed by atoms with E-state index in [9.17, 15) is 0 Å². The van der Waals surface area contributed by atoms with Gasteiger partial charge in [0.15, 0.2) is 5.76 Å². The lowest BCUT2D eigenvalue weighted by Gasteiger charge is -2.04. The number of unbranched alkanes of at least 4 members (excludes halogenated alkanes) is 2. The van der Waals surface area contributed by atoms with Gasteiger partial charge in [-0.1, -0.05) is 37.3 Å². The second kappa shape index (κ2) is 7.33. The molecule has 96 valence electrons. The van der Waals surface area contributed by atoms with Crippen molar-refractivity contribution < 1.29 is 9.15 Å². The summed E-state index contributed by atoms with van der Waals surface area (Å²) in [5.74, 6) is 7.55. The van der Waals surface area contributed by atoms with Gasteiger partial charge in [0.05, 0.1) is 11.8 Å². The van der Waals surface area contributed by atoms with Gasteiger partial charge in [0.25, 0.3) is 6.61 Å². The Bertz CT molecular complexity index is 544. The number of ether oxygens (including phenoxy) is 1. The first-order chi connectivity index (χ1) is 9.40. The molecular formula is C17H16O2.